The summed E-state index contributed by atoms with van der Waals surface area (Å²) in [4.78, 5) is 0. The Morgan fingerprint density at radius 1 is 0.733 bits per heavy atom. The van der Waals surface area contributed by atoms with Gasteiger partial charge < -0.3 is 9.59 Å². The zero-order valence-corrected chi connectivity index (χ0v) is 22.3. The van der Waals surface area contributed by atoms with E-state index in [1.165, 1.54) is 115 Å². The molecule has 2 atom stereocenters. The average Bonchev–Trinajstić information content (AvgIpc) is 3.15. The molecular formula is C26H54NOS2+. The molecule has 0 aromatic rings. The zero-order valence-electron chi connectivity index (χ0n) is 20.7. The Balaban J connectivity index is 1.84. The van der Waals surface area contributed by atoms with E-state index in [2.05, 4.69) is 44.5 Å². The smallest absolute Gasteiger partial charge is 0.0911 e. The predicted molar refractivity (Wildman–Crippen MR) is 141 cm³/mol. The lowest BCUT2D eigenvalue weighted by atomic mass is 10.0. The van der Waals surface area contributed by atoms with Crippen LogP contribution in [0.5, 0.6) is 0 Å². The van der Waals surface area contributed by atoms with E-state index >= 15 is 0 Å². The molecule has 0 aliphatic carbocycles. The summed E-state index contributed by atoms with van der Waals surface area (Å²) < 4.78 is 1.90. The lowest BCUT2D eigenvalue weighted by Crippen LogP contribution is -2.45. The van der Waals surface area contributed by atoms with Crippen LogP contribution in [0.25, 0.3) is 0 Å². The van der Waals surface area contributed by atoms with Crippen LogP contribution in [-0.2, 0) is 0 Å². The van der Waals surface area contributed by atoms with Gasteiger partial charge in [0.05, 0.1) is 37.0 Å². The third-order valence-corrected chi connectivity index (χ3v) is 9.87. The van der Waals surface area contributed by atoms with Crippen molar-refractivity contribution in [1.82, 2.24) is 0 Å². The molecule has 30 heavy (non-hydrogen) atoms. The van der Waals surface area contributed by atoms with Gasteiger partial charge in [-0.25, -0.2) is 0 Å². The maximum atomic E-state index is 9.08. The topological polar surface area (TPSA) is 20.2 Å². The third-order valence-electron chi connectivity index (χ3n) is 6.48. The van der Waals surface area contributed by atoms with Gasteiger partial charge in [-0.15, -0.1) is 23.5 Å². The molecule has 180 valence electrons. The summed E-state index contributed by atoms with van der Waals surface area (Å²) in [5, 5.41) is 9.89. The summed E-state index contributed by atoms with van der Waals surface area (Å²) in [6, 6.07) is 0. The first-order chi connectivity index (χ1) is 14.6. The summed E-state index contributed by atoms with van der Waals surface area (Å²) in [5.74, 6) is 1.33. The molecule has 0 saturated carbocycles. The summed E-state index contributed by atoms with van der Waals surface area (Å²) in [6.07, 6.45) is 24.1. The average molecular weight is 461 g/mol. The predicted octanol–water partition coefficient (Wildman–Crippen LogP) is 7.88. The molecule has 0 aromatic heterocycles. The number of aliphatic hydroxyl groups is 1. The molecule has 0 radical (unpaired) electrons. The van der Waals surface area contributed by atoms with Crippen molar-refractivity contribution < 1.29 is 9.59 Å². The van der Waals surface area contributed by atoms with E-state index in [-0.39, 0.29) is 0 Å². The largest absolute Gasteiger partial charge is 0.396 e. The fraction of sp³-hybridized carbons (Fsp3) is 1.00. The van der Waals surface area contributed by atoms with Crippen LogP contribution < -0.4 is 0 Å². The highest BCUT2D eigenvalue weighted by molar-refractivity contribution is 8.20. The van der Waals surface area contributed by atoms with E-state index < -0.39 is 0 Å². The van der Waals surface area contributed by atoms with Crippen molar-refractivity contribution >= 4 is 23.5 Å². The zero-order chi connectivity index (χ0) is 21.9. The molecule has 2 unspecified atom stereocenters. The van der Waals surface area contributed by atoms with E-state index in [4.69, 9.17) is 5.11 Å². The van der Waals surface area contributed by atoms with Crippen LogP contribution in [0.3, 0.4) is 0 Å². The molecule has 0 spiro atoms. The highest BCUT2D eigenvalue weighted by atomic mass is 32.2. The highest BCUT2D eigenvalue weighted by Crippen LogP contribution is 2.41. The fourth-order valence-electron chi connectivity index (χ4n) is 4.58. The molecule has 1 saturated heterocycles. The fourth-order valence-corrected chi connectivity index (χ4v) is 8.24. The molecule has 0 bridgehead atoms. The molecule has 0 amide bonds. The van der Waals surface area contributed by atoms with Crippen LogP contribution in [0.15, 0.2) is 0 Å². The molecule has 1 aliphatic rings. The van der Waals surface area contributed by atoms with Gasteiger partial charge >= 0.3 is 0 Å². The minimum Gasteiger partial charge on any atom is -0.396 e. The monoisotopic (exact) mass is 460 g/mol. The molecule has 1 rings (SSSR count). The van der Waals surface area contributed by atoms with E-state index in [0.29, 0.717) is 6.61 Å². The van der Waals surface area contributed by atoms with Gasteiger partial charge in [0.1, 0.15) is 0 Å². The molecule has 1 fully saturated rings. The van der Waals surface area contributed by atoms with Crippen LogP contribution in [-0.4, -0.2) is 59.0 Å². The number of unbranched alkanes of at least 4 members (excludes halogenated alkanes) is 14. The number of nitrogens with zero attached hydrogens (tertiary/aromatic N) is 1. The van der Waals surface area contributed by atoms with Crippen molar-refractivity contribution in [3.05, 3.63) is 0 Å². The van der Waals surface area contributed by atoms with Gasteiger partial charge in [0, 0.05) is 18.8 Å². The number of hydrogen-bond donors (Lipinski definition) is 1. The number of quaternary nitrogens is 1. The molecule has 0 aromatic carbocycles. The number of hydrogen-bond acceptors (Lipinski definition) is 3. The highest BCUT2D eigenvalue weighted by Gasteiger charge is 2.30. The number of thioether (sulfide) groups is 2. The Morgan fingerprint density at radius 2 is 1.23 bits per heavy atom. The van der Waals surface area contributed by atoms with E-state index in [0.717, 1.165) is 27.3 Å². The second-order valence-corrected chi connectivity index (χ2v) is 13.2. The van der Waals surface area contributed by atoms with Gasteiger partial charge in [-0.2, -0.15) is 0 Å². The van der Waals surface area contributed by atoms with Gasteiger partial charge in [-0.05, 0) is 6.42 Å². The second-order valence-electron chi connectivity index (χ2n) is 10.2. The van der Waals surface area contributed by atoms with Crippen molar-refractivity contribution in [2.75, 3.05) is 39.5 Å². The van der Waals surface area contributed by atoms with Gasteiger partial charge in [0.15, 0.2) is 0 Å². The Kier molecular flexibility index (Phi) is 18.3. The van der Waals surface area contributed by atoms with Crippen LogP contribution in [0, 0.1) is 0 Å². The summed E-state index contributed by atoms with van der Waals surface area (Å²) >= 11 is 4.45. The molecule has 2 nitrogen and oxygen atoms in total. The van der Waals surface area contributed by atoms with Crippen LogP contribution in [0.4, 0.5) is 0 Å². The SMILES string of the molecule is CCCCCCCCCCCCCCCCCC1SCC(C[N+](C)(C)CCCO)S1. The normalized spacial score (nSPS) is 19.6. The van der Waals surface area contributed by atoms with Crippen LogP contribution in [0.2, 0.25) is 0 Å². The second kappa shape index (κ2) is 19.1. The third kappa shape index (κ3) is 16.3. The van der Waals surface area contributed by atoms with E-state index in [1.807, 2.05) is 0 Å². The molecular weight excluding hydrogens is 406 g/mol. The van der Waals surface area contributed by atoms with Crippen molar-refractivity contribution in [2.24, 2.45) is 0 Å². The van der Waals surface area contributed by atoms with Gasteiger partial charge in [0.2, 0.25) is 0 Å². The Hall–Kier alpha value is 0.620. The first-order valence-electron chi connectivity index (χ1n) is 13.3. The Labute approximate surface area is 198 Å². The van der Waals surface area contributed by atoms with E-state index in [9.17, 15) is 0 Å². The Morgan fingerprint density at radius 3 is 1.73 bits per heavy atom. The van der Waals surface area contributed by atoms with Gasteiger partial charge in [0.25, 0.3) is 0 Å². The van der Waals surface area contributed by atoms with Crippen molar-refractivity contribution in [3.8, 4) is 0 Å². The lowest BCUT2D eigenvalue weighted by Gasteiger charge is -2.31. The van der Waals surface area contributed by atoms with Crippen LogP contribution >= 0.6 is 23.5 Å². The molecule has 1 heterocycles. The molecule has 1 N–H and O–H groups in total. The molecule has 4 heteroatoms. The standard InChI is InChI=1S/C26H54NOS2/c1-4-5-6-7-8-9-10-11-12-13-14-15-16-17-18-20-26-29-24-25(30-26)23-27(2,3)21-19-22-28/h25-26,28H,4-24H2,1-3H3/q+1. The van der Waals surface area contributed by atoms with Crippen LogP contribution in [0.1, 0.15) is 116 Å². The first-order valence-corrected chi connectivity index (χ1v) is 15.3. The maximum absolute atomic E-state index is 9.08. The summed E-state index contributed by atoms with van der Waals surface area (Å²) in [6.45, 7) is 4.98. The van der Waals surface area contributed by atoms with E-state index in [1.54, 1.807) is 0 Å². The maximum Gasteiger partial charge on any atom is 0.0911 e. The number of aliphatic hydroxyl groups excluding tert-OH is 1. The minimum atomic E-state index is 0.329. The van der Waals surface area contributed by atoms with Crippen molar-refractivity contribution in [2.45, 2.75) is 126 Å². The summed E-state index contributed by atoms with van der Waals surface area (Å²) in [7, 11) is 4.64. The minimum absolute atomic E-state index is 0.329. The lowest BCUT2D eigenvalue weighted by molar-refractivity contribution is -0.889. The van der Waals surface area contributed by atoms with Crippen molar-refractivity contribution in [3.63, 3.8) is 0 Å². The Bertz CT molecular complexity index is 378. The van der Waals surface area contributed by atoms with Crippen molar-refractivity contribution in [1.29, 1.82) is 0 Å². The van der Waals surface area contributed by atoms with Gasteiger partial charge in [-0.1, -0.05) is 103 Å². The quantitative estimate of drug-likeness (QED) is 0.139. The first kappa shape index (κ1) is 28.7. The summed E-state index contributed by atoms with van der Waals surface area (Å²) in [5.41, 5.74) is 0. The van der Waals surface area contributed by atoms with Gasteiger partial charge in [-0.3, -0.25) is 0 Å². The number of rotatable bonds is 21. The molecule has 1 aliphatic heterocycles.